The van der Waals surface area contributed by atoms with Crippen LogP contribution in [-0.4, -0.2) is 46.9 Å². The Bertz CT molecular complexity index is 708. The number of aromatic nitrogens is 3. The second-order valence-corrected chi connectivity index (χ2v) is 6.20. The van der Waals surface area contributed by atoms with E-state index in [1.807, 2.05) is 44.6 Å². The summed E-state index contributed by atoms with van der Waals surface area (Å²) in [5.41, 5.74) is 2.09. The summed E-state index contributed by atoms with van der Waals surface area (Å²) in [5.74, 6) is 1.06. The molecule has 2 aromatic heterocycles. The molecule has 0 spiro atoms. The molecule has 3 heterocycles. The van der Waals surface area contributed by atoms with Crippen molar-refractivity contribution in [2.24, 2.45) is 13.0 Å². The minimum Gasteiger partial charge on any atom is -0.368 e. The first-order valence-electron chi connectivity index (χ1n) is 8.28. The molecule has 7 nitrogen and oxygen atoms in total. The number of anilines is 1. The fraction of sp³-hybridized carbons (Fsp3) is 0.471. The van der Waals surface area contributed by atoms with E-state index in [0.29, 0.717) is 19.6 Å². The van der Waals surface area contributed by atoms with Crippen molar-refractivity contribution in [1.29, 1.82) is 0 Å². The van der Waals surface area contributed by atoms with Crippen molar-refractivity contribution in [3.05, 3.63) is 41.9 Å². The molecule has 1 aliphatic rings. The minimum atomic E-state index is -0.0497. The molecule has 0 aromatic carbocycles. The SMILES string of the molecule is Cc1cccc(NCCNC(=O)[C@H]2CNC[C@@H]2c2cnn(C)c2)n1.Cl.Cl. The van der Waals surface area contributed by atoms with Crippen molar-refractivity contribution in [1.82, 2.24) is 25.4 Å². The van der Waals surface area contributed by atoms with Gasteiger partial charge in [-0.3, -0.25) is 9.48 Å². The maximum Gasteiger partial charge on any atom is 0.225 e. The van der Waals surface area contributed by atoms with Crippen LogP contribution < -0.4 is 16.0 Å². The Morgan fingerprint density at radius 3 is 2.81 bits per heavy atom. The van der Waals surface area contributed by atoms with Gasteiger partial charge in [0.05, 0.1) is 12.1 Å². The number of nitrogens with one attached hydrogen (secondary N) is 3. The second kappa shape index (κ2) is 10.4. The molecule has 0 unspecified atom stereocenters. The van der Waals surface area contributed by atoms with Gasteiger partial charge < -0.3 is 16.0 Å². The van der Waals surface area contributed by atoms with Crippen LogP contribution in [0.1, 0.15) is 17.2 Å². The quantitative estimate of drug-likeness (QED) is 0.639. The van der Waals surface area contributed by atoms with E-state index in [0.717, 1.165) is 23.6 Å². The Morgan fingerprint density at radius 1 is 1.31 bits per heavy atom. The van der Waals surface area contributed by atoms with Crippen molar-refractivity contribution < 1.29 is 4.79 Å². The number of amides is 1. The van der Waals surface area contributed by atoms with Crippen LogP contribution >= 0.6 is 24.8 Å². The predicted octanol–water partition coefficient (Wildman–Crippen LogP) is 1.50. The Hall–Kier alpha value is -1.83. The summed E-state index contributed by atoms with van der Waals surface area (Å²) >= 11 is 0. The highest BCUT2D eigenvalue weighted by Crippen LogP contribution is 2.27. The van der Waals surface area contributed by atoms with Crippen LogP contribution in [0.3, 0.4) is 0 Å². The van der Waals surface area contributed by atoms with Crippen molar-refractivity contribution >= 4 is 36.5 Å². The first kappa shape index (κ1) is 22.2. The van der Waals surface area contributed by atoms with Crippen molar-refractivity contribution in [2.75, 3.05) is 31.5 Å². The van der Waals surface area contributed by atoms with Gasteiger partial charge in [-0.05, 0) is 24.6 Å². The summed E-state index contributed by atoms with van der Waals surface area (Å²) in [7, 11) is 1.89. The predicted molar refractivity (Wildman–Crippen MR) is 107 cm³/mol. The first-order chi connectivity index (χ1) is 11.6. The largest absolute Gasteiger partial charge is 0.368 e. The van der Waals surface area contributed by atoms with E-state index in [1.165, 1.54) is 0 Å². The van der Waals surface area contributed by atoms with Gasteiger partial charge in [0.25, 0.3) is 0 Å². The molecule has 2 atom stereocenters. The van der Waals surface area contributed by atoms with Crippen LogP contribution in [-0.2, 0) is 11.8 Å². The number of hydrogen-bond acceptors (Lipinski definition) is 5. The molecule has 0 saturated carbocycles. The molecule has 144 valence electrons. The number of carbonyl (C=O) groups is 1. The fourth-order valence-electron chi connectivity index (χ4n) is 3.08. The lowest BCUT2D eigenvalue weighted by atomic mass is 9.90. The third-order valence-corrected chi connectivity index (χ3v) is 4.32. The summed E-state index contributed by atoms with van der Waals surface area (Å²) in [6.07, 6.45) is 3.84. The van der Waals surface area contributed by atoms with Crippen LogP contribution in [0.5, 0.6) is 0 Å². The fourth-order valence-corrected chi connectivity index (χ4v) is 3.08. The zero-order valence-electron chi connectivity index (χ0n) is 14.9. The highest BCUT2D eigenvalue weighted by Gasteiger charge is 2.34. The lowest BCUT2D eigenvalue weighted by molar-refractivity contribution is -0.124. The van der Waals surface area contributed by atoms with Crippen LogP contribution in [0.25, 0.3) is 0 Å². The molecule has 0 bridgehead atoms. The van der Waals surface area contributed by atoms with Gasteiger partial charge in [0.15, 0.2) is 0 Å². The molecule has 0 radical (unpaired) electrons. The summed E-state index contributed by atoms with van der Waals surface area (Å²) < 4.78 is 1.78. The van der Waals surface area contributed by atoms with Crippen LogP contribution in [0.15, 0.2) is 30.6 Å². The highest BCUT2D eigenvalue weighted by molar-refractivity contribution is 5.85. The lowest BCUT2D eigenvalue weighted by Gasteiger charge is -2.17. The first-order valence-corrected chi connectivity index (χ1v) is 8.28. The average Bonchev–Trinajstić information content (AvgIpc) is 3.20. The molecule has 1 saturated heterocycles. The molecule has 9 heteroatoms. The summed E-state index contributed by atoms with van der Waals surface area (Å²) in [5, 5.41) is 13.8. The molecule has 3 rings (SSSR count). The molecule has 0 aliphatic carbocycles. The third kappa shape index (κ3) is 5.59. The lowest BCUT2D eigenvalue weighted by Crippen LogP contribution is -2.36. The van der Waals surface area contributed by atoms with Gasteiger partial charge in [-0.25, -0.2) is 4.98 Å². The third-order valence-electron chi connectivity index (χ3n) is 4.32. The van der Waals surface area contributed by atoms with E-state index in [1.54, 1.807) is 4.68 Å². The van der Waals surface area contributed by atoms with Gasteiger partial charge in [-0.2, -0.15) is 5.10 Å². The molecule has 1 fully saturated rings. The summed E-state index contributed by atoms with van der Waals surface area (Å²) in [6, 6.07) is 5.85. The number of carbonyl (C=O) groups excluding carboxylic acids is 1. The smallest absolute Gasteiger partial charge is 0.225 e. The van der Waals surface area contributed by atoms with Gasteiger partial charge in [0, 0.05) is 51.0 Å². The van der Waals surface area contributed by atoms with Gasteiger partial charge in [-0.15, -0.1) is 24.8 Å². The van der Waals surface area contributed by atoms with E-state index < -0.39 is 0 Å². The number of pyridine rings is 1. The number of nitrogens with zero attached hydrogens (tertiary/aromatic N) is 3. The topological polar surface area (TPSA) is 83.9 Å². The van der Waals surface area contributed by atoms with Crippen molar-refractivity contribution in [2.45, 2.75) is 12.8 Å². The Labute approximate surface area is 166 Å². The van der Waals surface area contributed by atoms with Crippen LogP contribution in [0.2, 0.25) is 0 Å². The van der Waals surface area contributed by atoms with E-state index in [9.17, 15) is 4.79 Å². The molecular weight excluding hydrogens is 375 g/mol. The zero-order valence-corrected chi connectivity index (χ0v) is 16.6. The summed E-state index contributed by atoms with van der Waals surface area (Å²) in [4.78, 5) is 16.9. The van der Waals surface area contributed by atoms with E-state index >= 15 is 0 Å². The summed E-state index contributed by atoms with van der Waals surface area (Å²) in [6.45, 7) is 4.71. The van der Waals surface area contributed by atoms with Crippen molar-refractivity contribution in [3.63, 3.8) is 0 Å². The number of halogens is 2. The van der Waals surface area contributed by atoms with Crippen LogP contribution in [0, 0.1) is 12.8 Å². The highest BCUT2D eigenvalue weighted by atomic mass is 35.5. The average molecular weight is 401 g/mol. The van der Waals surface area contributed by atoms with E-state index in [4.69, 9.17) is 0 Å². The van der Waals surface area contributed by atoms with Gasteiger partial charge in [0.2, 0.25) is 5.91 Å². The molecule has 1 amide bonds. The zero-order chi connectivity index (χ0) is 16.9. The number of rotatable bonds is 6. The normalized spacial score (nSPS) is 18.5. The monoisotopic (exact) mass is 400 g/mol. The molecule has 1 aliphatic heterocycles. The molecule has 2 aromatic rings. The molecule has 26 heavy (non-hydrogen) atoms. The van der Waals surface area contributed by atoms with E-state index in [2.05, 4.69) is 26.0 Å². The van der Waals surface area contributed by atoms with E-state index in [-0.39, 0.29) is 42.6 Å². The Morgan fingerprint density at radius 2 is 2.12 bits per heavy atom. The molecule has 3 N–H and O–H groups in total. The maximum absolute atomic E-state index is 12.5. The van der Waals surface area contributed by atoms with Crippen molar-refractivity contribution in [3.8, 4) is 0 Å². The Kier molecular flexibility index (Phi) is 8.84. The van der Waals surface area contributed by atoms with Crippen LogP contribution in [0.4, 0.5) is 5.82 Å². The van der Waals surface area contributed by atoms with Gasteiger partial charge >= 0.3 is 0 Å². The van der Waals surface area contributed by atoms with Gasteiger partial charge in [0.1, 0.15) is 5.82 Å². The number of hydrogen-bond donors (Lipinski definition) is 3. The minimum absolute atomic E-state index is 0. The second-order valence-electron chi connectivity index (χ2n) is 6.20. The molecular formula is C17H26Cl2N6O. The van der Waals surface area contributed by atoms with Gasteiger partial charge in [-0.1, -0.05) is 6.07 Å². The Balaban J connectivity index is 0.00000169. The number of aryl methyl sites for hydroxylation is 2. The standard InChI is InChI=1S/C17H24N6O.2ClH/c1-12-4-3-5-16(22-12)19-6-7-20-17(24)15-10-18-9-14(15)13-8-21-23(2)11-13;;/h3-5,8,11,14-15,18H,6-7,9-10H2,1-2H3,(H,19,22)(H,20,24);2*1H/t14-,15+;;/m1../s1. The maximum atomic E-state index is 12.5.